The molecule has 122 valence electrons. The molecule has 1 heterocycles. The van der Waals surface area contributed by atoms with Crippen molar-refractivity contribution < 1.29 is 9.53 Å². The van der Waals surface area contributed by atoms with Crippen LogP contribution in [0.5, 0.6) is 5.75 Å². The van der Waals surface area contributed by atoms with E-state index < -0.39 is 0 Å². The summed E-state index contributed by atoms with van der Waals surface area (Å²) in [7, 11) is 1.63. The number of benzene rings is 1. The molecule has 0 saturated heterocycles. The van der Waals surface area contributed by atoms with Crippen LogP contribution in [0.15, 0.2) is 42.6 Å². The summed E-state index contributed by atoms with van der Waals surface area (Å²) >= 11 is 0. The van der Waals surface area contributed by atoms with Crippen LogP contribution < -0.4 is 15.4 Å². The quantitative estimate of drug-likeness (QED) is 0.819. The van der Waals surface area contributed by atoms with Crippen molar-refractivity contribution >= 4 is 17.3 Å². The SMILES string of the molecule is COc1ccc(Nc2ccnc(C(=O)NCCC(C)C)c2)cc1. The maximum Gasteiger partial charge on any atom is 0.269 e. The fourth-order valence-electron chi connectivity index (χ4n) is 2.04. The minimum atomic E-state index is -0.149. The van der Waals surface area contributed by atoms with E-state index in [9.17, 15) is 4.79 Å². The van der Waals surface area contributed by atoms with Crippen molar-refractivity contribution in [1.29, 1.82) is 0 Å². The first-order valence-corrected chi connectivity index (χ1v) is 7.74. The van der Waals surface area contributed by atoms with Crippen molar-refractivity contribution in [3.8, 4) is 5.75 Å². The molecule has 0 saturated carbocycles. The zero-order valence-electron chi connectivity index (χ0n) is 13.8. The van der Waals surface area contributed by atoms with Gasteiger partial charge in [0.15, 0.2) is 0 Å². The highest BCUT2D eigenvalue weighted by Gasteiger charge is 2.08. The maximum atomic E-state index is 12.1. The number of rotatable bonds is 7. The van der Waals surface area contributed by atoms with Crippen molar-refractivity contribution in [1.82, 2.24) is 10.3 Å². The third-order valence-electron chi connectivity index (χ3n) is 3.38. The number of hydrogen-bond acceptors (Lipinski definition) is 4. The van der Waals surface area contributed by atoms with Crippen LogP contribution in [0.3, 0.4) is 0 Å². The number of anilines is 2. The molecule has 0 unspecified atom stereocenters. The van der Waals surface area contributed by atoms with Gasteiger partial charge in [0.25, 0.3) is 5.91 Å². The summed E-state index contributed by atoms with van der Waals surface area (Å²) in [6, 6.07) is 11.2. The van der Waals surface area contributed by atoms with Crippen molar-refractivity contribution in [3.63, 3.8) is 0 Å². The van der Waals surface area contributed by atoms with Crippen LogP contribution in [-0.4, -0.2) is 24.5 Å². The number of pyridine rings is 1. The van der Waals surface area contributed by atoms with Gasteiger partial charge in [-0.25, -0.2) is 0 Å². The minimum Gasteiger partial charge on any atom is -0.497 e. The lowest BCUT2D eigenvalue weighted by atomic mass is 10.1. The van der Waals surface area contributed by atoms with Crippen LogP contribution in [0.2, 0.25) is 0 Å². The molecule has 0 atom stereocenters. The molecule has 0 fully saturated rings. The molecule has 0 spiro atoms. The Labute approximate surface area is 137 Å². The van der Waals surface area contributed by atoms with Gasteiger partial charge in [0.1, 0.15) is 11.4 Å². The molecule has 0 aliphatic carbocycles. The van der Waals surface area contributed by atoms with Gasteiger partial charge < -0.3 is 15.4 Å². The zero-order chi connectivity index (χ0) is 16.7. The summed E-state index contributed by atoms with van der Waals surface area (Å²) < 4.78 is 5.13. The number of amides is 1. The summed E-state index contributed by atoms with van der Waals surface area (Å²) in [5, 5.41) is 6.14. The van der Waals surface area contributed by atoms with Crippen molar-refractivity contribution in [3.05, 3.63) is 48.3 Å². The molecule has 5 nitrogen and oxygen atoms in total. The number of ether oxygens (including phenoxy) is 1. The molecule has 1 aromatic carbocycles. The molecule has 1 amide bonds. The zero-order valence-corrected chi connectivity index (χ0v) is 13.8. The molecule has 0 radical (unpaired) electrons. The average molecular weight is 313 g/mol. The number of nitrogens with one attached hydrogen (secondary N) is 2. The van der Waals surface area contributed by atoms with Gasteiger partial charge in [-0.2, -0.15) is 0 Å². The summed E-state index contributed by atoms with van der Waals surface area (Å²) in [5.41, 5.74) is 2.15. The number of carbonyl (C=O) groups is 1. The monoisotopic (exact) mass is 313 g/mol. The third kappa shape index (κ3) is 5.29. The minimum absolute atomic E-state index is 0.149. The van der Waals surface area contributed by atoms with E-state index in [2.05, 4.69) is 29.5 Å². The fourth-order valence-corrected chi connectivity index (χ4v) is 2.04. The summed E-state index contributed by atoms with van der Waals surface area (Å²) in [4.78, 5) is 16.2. The largest absolute Gasteiger partial charge is 0.497 e. The normalized spacial score (nSPS) is 10.4. The van der Waals surface area contributed by atoms with Crippen LogP contribution in [-0.2, 0) is 0 Å². The van der Waals surface area contributed by atoms with Gasteiger partial charge >= 0.3 is 0 Å². The number of nitrogens with zero attached hydrogens (tertiary/aromatic N) is 1. The van der Waals surface area contributed by atoms with Gasteiger partial charge in [-0.05, 0) is 48.7 Å². The van der Waals surface area contributed by atoms with Gasteiger partial charge in [-0.3, -0.25) is 9.78 Å². The topological polar surface area (TPSA) is 63.2 Å². The molecule has 23 heavy (non-hydrogen) atoms. The predicted molar refractivity (Wildman–Crippen MR) is 92.3 cm³/mol. The van der Waals surface area contributed by atoms with Crippen molar-refractivity contribution in [2.24, 2.45) is 5.92 Å². The van der Waals surface area contributed by atoms with E-state index in [1.807, 2.05) is 30.3 Å². The van der Waals surface area contributed by atoms with Gasteiger partial charge in [0, 0.05) is 24.1 Å². The fraction of sp³-hybridized carbons (Fsp3) is 0.333. The van der Waals surface area contributed by atoms with E-state index in [-0.39, 0.29) is 5.91 Å². The molecular weight excluding hydrogens is 290 g/mol. The predicted octanol–water partition coefficient (Wildman–Crippen LogP) is 3.61. The molecule has 2 rings (SSSR count). The van der Waals surface area contributed by atoms with E-state index in [1.165, 1.54) is 0 Å². The molecular formula is C18H23N3O2. The van der Waals surface area contributed by atoms with Crippen LogP contribution in [0.25, 0.3) is 0 Å². The smallest absolute Gasteiger partial charge is 0.269 e. The Balaban J connectivity index is 1.99. The second-order valence-corrected chi connectivity index (χ2v) is 5.72. The number of aromatic nitrogens is 1. The number of methoxy groups -OCH3 is 1. The number of hydrogen-bond donors (Lipinski definition) is 2. The highest BCUT2D eigenvalue weighted by Crippen LogP contribution is 2.20. The lowest BCUT2D eigenvalue weighted by molar-refractivity contribution is 0.0947. The van der Waals surface area contributed by atoms with E-state index in [0.29, 0.717) is 18.2 Å². The lowest BCUT2D eigenvalue weighted by Gasteiger charge is -2.10. The van der Waals surface area contributed by atoms with Crippen LogP contribution in [0, 0.1) is 5.92 Å². The summed E-state index contributed by atoms with van der Waals surface area (Å²) in [5.74, 6) is 1.21. The molecule has 2 N–H and O–H groups in total. The van der Waals surface area contributed by atoms with Crippen LogP contribution in [0.4, 0.5) is 11.4 Å². The molecule has 0 aliphatic rings. The molecule has 2 aromatic rings. The Morgan fingerprint density at radius 1 is 1.17 bits per heavy atom. The standard InChI is InChI=1S/C18H23N3O2/c1-13(2)8-10-20-18(22)17-12-15(9-11-19-17)21-14-4-6-16(23-3)7-5-14/h4-7,9,11-13H,8,10H2,1-3H3,(H,19,21)(H,20,22). The number of carbonyl (C=O) groups excluding carboxylic acids is 1. The summed E-state index contributed by atoms with van der Waals surface area (Å²) in [6.07, 6.45) is 2.58. The Kier molecular flexibility index (Phi) is 5.97. The Bertz CT molecular complexity index is 639. The van der Waals surface area contributed by atoms with Gasteiger partial charge in [0.2, 0.25) is 0 Å². The highest BCUT2D eigenvalue weighted by atomic mass is 16.5. The maximum absolute atomic E-state index is 12.1. The third-order valence-corrected chi connectivity index (χ3v) is 3.38. The Morgan fingerprint density at radius 3 is 2.57 bits per heavy atom. The van der Waals surface area contributed by atoms with Crippen LogP contribution in [0.1, 0.15) is 30.8 Å². The molecule has 0 bridgehead atoms. The van der Waals surface area contributed by atoms with E-state index in [1.54, 1.807) is 19.4 Å². The molecule has 1 aromatic heterocycles. The first-order valence-electron chi connectivity index (χ1n) is 7.74. The Hall–Kier alpha value is -2.56. The van der Waals surface area contributed by atoms with Crippen molar-refractivity contribution in [2.45, 2.75) is 20.3 Å². The molecule has 5 heteroatoms. The highest BCUT2D eigenvalue weighted by molar-refractivity contribution is 5.93. The van der Waals surface area contributed by atoms with E-state index >= 15 is 0 Å². The first kappa shape index (κ1) is 16.8. The van der Waals surface area contributed by atoms with Gasteiger partial charge in [-0.1, -0.05) is 13.8 Å². The lowest BCUT2D eigenvalue weighted by Crippen LogP contribution is -2.26. The van der Waals surface area contributed by atoms with Gasteiger partial charge in [0.05, 0.1) is 7.11 Å². The van der Waals surface area contributed by atoms with Crippen LogP contribution >= 0.6 is 0 Å². The van der Waals surface area contributed by atoms with E-state index in [4.69, 9.17) is 4.74 Å². The summed E-state index contributed by atoms with van der Waals surface area (Å²) in [6.45, 7) is 4.92. The van der Waals surface area contributed by atoms with Gasteiger partial charge in [-0.15, -0.1) is 0 Å². The molecule has 0 aliphatic heterocycles. The Morgan fingerprint density at radius 2 is 1.91 bits per heavy atom. The van der Waals surface area contributed by atoms with E-state index in [0.717, 1.165) is 23.5 Å². The first-order chi connectivity index (χ1) is 11.1. The average Bonchev–Trinajstić information content (AvgIpc) is 2.55. The second-order valence-electron chi connectivity index (χ2n) is 5.72. The van der Waals surface area contributed by atoms with Crippen molar-refractivity contribution in [2.75, 3.05) is 19.0 Å². The second kappa shape index (κ2) is 8.17.